The smallest absolute Gasteiger partial charge is 0.264 e. The van der Waals surface area contributed by atoms with Gasteiger partial charge in [0.05, 0.1) is 24.8 Å². The largest absolute Gasteiger partial charge is 0.497 e. The summed E-state index contributed by atoms with van der Waals surface area (Å²) in [4.78, 5) is 30.0. The van der Waals surface area contributed by atoms with E-state index < -0.39 is 28.5 Å². The standard InChI is InChI=1S/C36H40ClN3O6S/c1-26(2)23-38-36(42)33(21-27-12-7-5-8-13-27)39(24-28-14-11-15-29(37)20-28)35(41)25-40(47(43,44)31-16-9-6-10-17-31)32-22-30(45-3)18-19-34(32)46-4/h5-20,22,26,33H,21,23-25H2,1-4H3,(H,38,42)/t33-/m0/s1. The summed E-state index contributed by atoms with van der Waals surface area (Å²) in [7, 11) is -1.44. The Hall–Kier alpha value is -4.54. The van der Waals surface area contributed by atoms with Gasteiger partial charge in [-0.15, -0.1) is 0 Å². The van der Waals surface area contributed by atoms with Gasteiger partial charge >= 0.3 is 0 Å². The van der Waals surface area contributed by atoms with Crippen LogP contribution in [0.4, 0.5) is 5.69 Å². The zero-order valence-electron chi connectivity index (χ0n) is 26.9. The molecule has 4 rings (SSSR count). The number of amides is 2. The van der Waals surface area contributed by atoms with E-state index in [4.69, 9.17) is 21.1 Å². The van der Waals surface area contributed by atoms with Gasteiger partial charge in [0.1, 0.15) is 24.1 Å². The zero-order chi connectivity index (χ0) is 34.0. The summed E-state index contributed by atoms with van der Waals surface area (Å²) >= 11 is 6.32. The molecule has 0 spiro atoms. The summed E-state index contributed by atoms with van der Waals surface area (Å²) < 4.78 is 40.6. The molecule has 11 heteroatoms. The number of hydrogen-bond donors (Lipinski definition) is 1. The number of nitrogens with one attached hydrogen (secondary N) is 1. The van der Waals surface area contributed by atoms with E-state index in [0.717, 1.165) is 9.87 Å². The van der Waals surface area contributed by atoms with Crippen molar-refractivity contribution in [2.24, 2.45) is 5.92 Å². The summed E-state index contributed by atoms with van der Waals surface area (Å²) in [6, 6.07) is 28.0. The highest BCUT2D eigenvalue weighted by molar-refractivity contribution is 7.92. The Morgan fingerprint density at radius 1 is 0.830 bits per heavy atom. The maximum atomic E-state index is 14.7. The molecule has 0 aliphatic carbocycles. The van der Waals surface area contributed by atoms with Crippen LogP contribution in [0, 0.1) is 5.92 Å². The second-order valence-corrected chi connectivity index (χ2v) is 13.7. The lowest BCUT2D eigenvalue weighted by Gasteiger charge is -2.34. The van der Waals surface area contributed by atoms with E-state index in [1.807, 2.05) is 44.2 Å². The molecule has 4 aromatic carbocycles. The van der Waals surface area contributed by atoms with Gasteiger partial charge in [0, 0.05) is 30.6 Å². The van der Waals surface area contributed by atoms with Gasteiger partial charge in [-0.25, -0.2) is 8.42 Å². The van der Waals surface area contributed by atoms with Crippen LogP contribution in [-0.4, -0.2) is 58.5 Å². The van der Waals surface area contributed by atoms with E-state index in [-0.39, 0.29) is 41.1 Å². The van der Waals surface area contributed by atoms with Gasteiger partial charge < -0.3 is 19.7 Å². The molecule has 0 saturated carbocycles. The van der Waals surface area contributed by atoms with Crippen molar-refractivity contribution in [3.05, 3.63) is 119 Å². The highest BCUT2D eigenvalue weighted by Crippen LogP contribution is 2.36. The maximum Gasteiger partial charge on any atom is 0.264 e. The minimum Gasteiger partial charge on any atom is -0.497 e. The first-order valence-corrected chi connectivity index (χ1v) is 17.0. The van der Waals surface area contributed by atoms with E-state index in [0.29, 0.717) is 22.9 Å². The van der Waals surface area contributed by atoms with Crippen molar-refractivity contribution >= 4 is 39.1 Å². The number of rotatable bonds is 15. The van der Waals surface area contributed by atoms with Gasteiger partial charge in [0.15, 0.2) is 0 Å². The summed E-state index contributed by atoms with van der Waals surface area (Å²) in [6.07, 6.45) is 0.199. The number of halogens is 1. The molecule has 2 amide bonds. The van der Waals surface area contributed by atoms with Crippen molar-refractivity contribution < 1.29 is 27.5 Å². The number of carbonyl (C=O) groups excluding carboxylic acids is 2. The lowest BCUT2D eigenvalue weighted by Crippen LogP contribution is -2.53. The van der Waals surface area contributed by atoms with Gasteiger partial charge in [-0.3, -0.25) is 13.9 Å². The van der Waals surface area contributed by atoms with Crippen LogP contribution in [0.15, 0.2) is 108 Å². The molecule has 0 bridgehead atoms. The molecule has 0 aliphatic rings. The van der Waals surface area contributed by atoms with E-state index in [1.54, 1.807) is 54.6 Å². The highest BCUT2D eigenvalue weighted by atomic mass is 35.5. The van der Waals surface area contributed by atoms with Crippen LogP contribution in [0.3, 0.4) is 0 Å². The fourth-order valence-electron chi connectivity index (χ4n) is 5.03. The van der Waals surface area contributed by atoms with E-state index in [2.05, 4.69) is 5.32 Å². The molecule has 0 radical (unpaired) electrons. The summed E-state index contributed by atoms with van der Waals surface area (Å²) in [6.45, 7) is 3.73. The molecule has 0 fully saturated rings. The van der Waals surface area contributed by atoms with Crippen molar-refractivity contribution in [2.45, 2.75) is 37.8 Å². The van der Waals surface area contributed by atoms with Gasteiger partial charge in [-0.05, 0) is 53.4 Å². The molecular weight excluding hydrogens is 638 g/mol. The van der Waals surface area contributed by atoms with Crippen molar-refractivity contribution in [3.63, 3.8) is 0 Å². The van der Waals surface area contributed by atoms with Crippen LogP contribution >= 0.6 is 11.6 Å². The average Bonchev–Trinajstić information content (AvgIpc) is 3.08. The van der Waals surface area contributed by atoms with Crippen molar-refractivity contribution in [1.29, 1.82) is 0 Å². The fraction of sp³-hybridized carbons (Fsp3) is 0.278. The molecule has 47 heavy (non-hydrogen) atoms. The predicted molar refractivity (Wildman–Crippen MR) is 184 cm³/mol. The van der Waals surface area contributed by atoms with Crippen LogP contribution in [0.5, 0.6) is 11.5 Å². The maximum absolute atomic E-state index is 14.7. The van der Waals surface area contributed by atoms with Crippen LogP contribution < -0.4 is 19.1 Å². The Labute approximate surface area is 282 Å². The normalized spacial score (nSPS) is 11.9. The third-order valence-electron chi connectivity index (χ3n) is 7.46. The minimum absolute atomic E-state index is 0.000459. The third-order valence-corrected chi connectivity index (χ3v) is 9.47. The topological polar surface area (TPSA) is 105 Å². The molecule has 0 unspecified atom stereocenters. The molecule has 9 nitrogen and oxygen atoms in total. The first-order chi connectivity index (χ1) is 22.5. The molecular formula is C36H40ClN3O6S. The lowest BCUT2D eigenvalue weighted by molar-refractivity contribution is -0.140. The van der Waals surface area contributed by atoms with E-state index in [9.17, 15) is 18.0 Å². The third kappa shape index (κ3) is 9.27. The molecule has 0 heterocycles. The molecule has 0 saturated heterocycles. The minimum atomic E-state index is -4.32. The van der Waals surface area contributed by atoms with Gasteiger partial charge in [-0.2, -0.15) is 0 Å². The second-order valence-electron chi connectivity index (χ2n) is 11.4. The second kappa shape index (κ2) is 16.3. The van der Waals surface area contributed by atoms with Gasteiger partial charge in [0.25, 0.3) is 10.0 Å². The first kappa shape index (κ1) is 35.3. The number of hydrogen-bond acceptors (Lipinski definition) is 6. The van der Waals surface area contributed by atoms with Crippen molar-refractivity contribution in [1.82, 2.24) is 10.2 Å². The zero-order valence-corrected chi connectivity index (χ0v) is 28.5. The highest BCUT2D eigenvalue weighted by Gasteiger charge is 2.35. The average molecular weight is 678 g/mol. The Morgan fingerprint density at radius 3 is 2.11 bits per heavy atom. The van der Waals surface area contributed by atoms with Crippen LogP contribution in [0.1, 0.15) is 25.0 Å². The quantitative estimate of drug-likeness (QED) is 0.166. The SMILES string of the molecule is COc1ccc(OC)c(N(CC(=O)N(Cc2cccc(Cl)c2)[C@@H](Cc2ccccc2)C(=O)NCC(C)C)S(=O)(=O)c2ccccc2)c1. The molecule has 1 atom stereocenters. The number of carbonyl (C=O) groups is 2. The number of methoxy groups -OCH3 is 2. The van der Waals surface area contributed by atoms with E-state index >= 15 is 0 Å². The Kier molecular flexibility index (Phi) is 12.3. The number of benzene rings is 4. The van der Waals surface area contributed by atoms with Gasteiger partial charge in [0.2, 0.25) is 11.8 Å². The monoisotopic (exact) mass is 677 g/mol. The van der Waals surface area contributed by atoms with Crippen LogP contribution in [0.2, 0.25) is 5.02 Å². The summed E-state index contributed by atoms with van der Waals surface area (Å²) in [5, 5.41) is 3.45. The Morgan fingerprint density at radius 2 is 1.49 bits per heavy atom. The van der Waals surface area contributed by atoms with Crippen molar-refractivity contribution in [2.75, 3.05) is 31.6 Å². The Bertz CT molecular complexity index is 1750. The number of ether oxygens (including phenoxy) is 2. The van der Waals surface area contributed by atoms with E-state index in [1.165, 1.54) is 37.3 Å². The van der Waals surface area contributed by atoms with Crippen LogP contribution in [0.25, 0.3) is 0 Å². The summed E-state index contributed by atoms with van der Waals surface area (Å²) in [5.41, 5.74) is 1.62. The van der Waals surface area contributed by atoms with Gasteiger partial charge in [-0.1, -0.05) is 86.1 Å². The molecule has 0 aliphatic heterocycles. The number of anilines is 1. The fourth-order valence-corrected chi connectivity index (χ4v) is 6.68. The number of sulfonamides is 1. The lowest BCUT2D eigenvalue weighted by atomic mass is 10.0. The number of nitrogens with zero attached hydrogens (tertiary/aromatic N) is 2. The molecule has 4 aromatic rings. The predicted octanol–water partition coefficient (Wildman–Crippen LogP) is 5.96. The molecule has 1 N–H and O–H groups in total. The van der Waals surface area contributed by atoms with Crippen LogP contribution in [-0.2, 0) is 32.6 Å². The molecule has 0 aromatic heterocycles. The Balaban J connectivity index is 1.85. The molecule has 248 valence electrons. The first-order valence-electron chi connectivity index (χ1n) is 15.2. The summed E-state index contributed by atoms with van der Waals surface area (Å²) in [5.74, 6) is -0.202. The van der Waals surface area contributed by atoms with Crippen molar-refractivity contribution in [3.8, 4) is 11.5 Å².